The smallest absolute Gasteiger partial charge is 0.238 e. The summed E-state index contributed by atoms with van der Waals surface area (Å²) in [4.78, 5) is 27.3. The van der Waals surface area contributed by atoms with Crippen molar-refractivity contribution in [2.45, 2.75) is 29.0 Å². The predicted octanol–water partition coefficient (Wildman–Crippen LogP) is 2.39. The Kier molecular flexibility index (Phi) is 6.19. The van der Waals surface area contributed by atoms with Gasteiger partial charge in [0, 0.05) is 36.0 Å². The summed E-state index contributed by atoms with van der Waals surface area (Å²) >= 11 is 7.36. The van der Waals surface area contributed by atoms with E-state index < -0.39 is 5.25 Å². The van der Waals surface area contributed by atoms with Crippen LogP contribution in [0.2, 0.25) is 5.02 Å². The molecule has 1 fully saturated rings. The normalized spacial score (nSPS) is 22.8. The van der Waals surface area contributed by atoms with E-state index in [0.29, 0.717) is 5.02 Å². The van der Waals surface area contributed by atoms with Crippen LogP contribution in [-0.4, -0.2) is 48.1 Å². The summed E-state index contributed by atoms with van der Waals surface area (Å²) in [6.45, 7) is 1.77. The molecule has 2 amide bonds. The van der Waals surface area contributed by atoms with Crippen LogP contribution in [0.5, 0.6) is 0 Å². The van der Waals surface area contributed by atoms with Gasteiger partial charge in [0.25, 0.3) is 0 Å². The van der Waals surface area contributed by atoms with Crippen molar-refractivity contribution >= 4 is 53.3 Å². The van der Waals surface area contributed by atoms with Crippen molar-refractivity contribution in [2.75, 3.05) is 25.5 Å². The van der Waals surface area contributed by atoms with Crippen LogP contribution in [0.4, 0.5) is 5.69 Å². The maximum atomic E-state index is 12.4. The molecule has 2 N–H and O–H groups in total. The van der Waals surface area contributed by atoms with Crippen LogP contribution in [0.25, 0.3) is 0 Å². The molecule has 2 unspecified atom stereocenters. The first-order chi connectivity index (χ1) is 10.5. The fourth-order valence-corrected chi connectivity index (χ4v) is 3.99. The van der Waals surface area contributed by atoms with Crippen molar-refractivity contribution in [3.63, 3.8) is 0 Å². The van der Waals surface area contributed by atoms with Gasteiger partial charge in [-0.1, -0.05) is 11.6 Å². The molecule has 2 aliphatic heterocycles. The molecule has 23 heavy (non-hydrogen) atoms. The predicted molar refractivity (Wildman–Crippen MR) is 95.6 cm³/mol. The Morgan fingerprint density at radius 1 is 1.48 bits per heavy atom. The second-order valence-corrected chi connectivity index (χ2v) is 7.27. The van der Waals surface area contributed by atoms with Crippen LogP contribution in [0.15, 0.2) is 23.1 Å². The fraction of sp³-hybridized carbons (Fsp3) is 0.467. The number of amides is 2. The molecule has 0 aromatic heterocycles. The van der Waals surface area contributed by atoms with Gasteiger partial charge in [-0.05, 0) is 31.2 Å². The minimum Gasteiger partial charge on any atom is -0.341 e. The quantitative estimate of drug-likeness (QED) is 0.851. The summed E-state index contributed by atoms with van der Waals surface area (Å²) in [5.41, 5.74) is 0.722. The van der Waals surface area contributed by atoms with E-state index in [0.717, 1.165) is 30.1 Å². The highest BCUT2D eigenvalue weighted by Gasteiger charge is 2.32. The highest BCUT2D eigenvalue weighted by molar-refractivity contribution is 8.01. The third-order valence-electron chi connectivity index (χ3n) is 4.10. The minimum absolute atomic E-state index is 0. The standard InChI is InChI=1S/C15H18ClN3O2S.ClH/c1-19(10-4-5-17-8-10)14(20)7-13-15(21)18-11-6-9(16)2-3-12(11)22-13;/h2-3,6,10,13,17H,4-5,7-8H2,1H3,(H,18,21);1H. The number of hydrogen-bond acceptors (Lipinski definition) is 4. The molecular weight excluding hydrogens is 357 g/mol. The van der Waals surface area contributed by atoms with Crippen LogP contribution in [-0.2, 0) is 9.59 Å². The number of thioether (sulfide) groups is 1. The number of carbonyl (C=O) groups excluding carboxylic acids is 2. The van der Waals surface area contributed by atoms with Crippen molar-refractivity contribution in [3.8, 4) is 0 Å². The first kappa shape index (κ1) is 18.4. The van der Waals surface area contributed by atoms with E-state index in [1.165, 1.54) is 11.8 Å². The molecule has 2 atom stereocenters. The van der Waals surface area contributed by atoms with E-state index in [1.54, 1.807) is 17.0 Å². The monoisotopic (exact) mass is 375 g/mol. The Labute approximate surface area is 150 Å². The number of hydrogen-bond donors (Lipinski definition) is 2. The Morgan fingerprint density at radius 3 is 2.96 bits per heavy atom. The van der Waals surface area contributed by atoms with Gasteiger partial charge in [-0.3, -0.25) is 9.59 Å². The third kappa shape index (κ3) is 4.12. The van der Waals surface area contributed by atoms with Crippen LogP contribution in [0, 0.1) is 0 Å². The lowest BCUT2D eigenvalue weighted by Crippen LogP contribution is -2.41. The maximum Gasteiger partial charge on any atom is 0.238 e. The minimum atomic E-state index is -0.391. The van der Waals surface area contributed by atoms with Crippen molar-refractivity contribution < 1.29 is 9.59 Å². The summed E-state index contributed by atoms with van der Waals surface area (Å²) < 4.78 is 0. The lowest BCUT2D eigenvalue weighted by atomic mass is 10.2. The zero-order chi connectivity index (χ0) is 15.7. The topological polar surface area (TPSA) is 61.4 Å². The van der Waals surface area contributed by atoms with Gasteiger partial charge >= 0.3 is 0 Å². The fourth-order valence-electron chi connectivity index (χ4n) is 2.73. The number of halogens is 2. The van der Waals surface area contributed by atoms with Crippen molar-refractivity contribution in [3.05, 3.63) is 23.2 Å². The zero-order valence-corrected chi connectivity index (χ0v) is 15.1. The van der Waals surface area contributed by atoms with E-state index in [9.17, 15) is 9.59 Å². The lowest BCUT2D eigenvalue weighted by Gasteiger charge is -2.28. The molecule has 0 saturated carbocycles. The zero-order valence-electron chi connectivity index (χ0n) is 12.7. The molecule has 1 aromatic carbocycles. The van der Waals surface area contributed by atoms with Gasteiger partial charge in [-0.15, -0.1) is 24.2 Å². The molecule has 126 valence electrons. The summed E-state index contributed by atoms with van der Waals surface area (Å²) in [6, 6.07) is 5.63. The van der Waals surface area contributed by atoms with E-state index in [1.807, 2.05) is 13.1 Å². The summed E-state index contributed by atoms with van der Waals surface area (Å²) in [7, 11) is 1.82. The molecule has 2 aliphatic rings. The number of benzene rings is 1. The Bertz CT molecular complexity index is 608. The number of nitrogens with one attached hydrogen (secondary N) is 2. The lowest BCUT2D eigenvalue weighted by molar-refractivity contribution is -0.133. The number of carbonyl (C=O) groups is 2. The van der Waals surface area contributed by atoms with Gasteiger partial charge in [0.15, 0.2) is 0 Å². The Morgan fingerprint density at radius 2 is 2.26 bits per heavy atom. The molecule has 2 heterocycles. The average Bonchev–Trinajstić information content (AvgIpc) is 3.01. The van der Waals surface area contributed by atoms with E-state index in [4.69, 9.17) is 11.6 Å². The highest BCUT2D eigenvalue weighted by Crippen LogP contribution is 2.38. The molecule has 0 spiro atoms. The number of fused-ring (bicyclic) bond motifs is 1. The molecule has 0 radical (unpaired) electrons. The largest absolute Gasteiger partial charge is 0.341 e. The first-order valence-corrected chi connectivity index (χ1v) is 8.54. The van der Waals surface area contributed by atoms with E-state index in [2.05, 4.69) is 10.6 Å². The van der Waals surface area contributed by atoms with Crippen LogP contribution in [0.1, 0.15) is 12.8 Å². The van der Waals surface area contributed by atoms with Crippen LogP contribution >= 0.6 is 35.8 Å². The summed E-state index contributed by atoms with van der Waals surface area (Å²) in [6.07, 6.45) is 1.18. The number of rotatable bonds is 3. The van der Waals surface area contributed by atoms with E-state index in [-0.39, 0.29) is 36.7 Å². The second kappa shape index (κ2) is 7.75. The van der Waals surface area contributed by atoms with Gasteiger partial charge in [0.1, 0.15) is 0 Å². The summed E-state index contributed by atoms with van der Waals surface area (Å²) in [5, 5.41) is 6.28. The van der Waals surface area contributed by atoms with Crippen LogP contribution in [0.3, 0.4) is 0 Å². The first-order valence-electron chi connectivity index (χ1n) is 7.28. The van der Waals surface area contributed by atoms with Crippen molar-refractivity contribution in [1.82, 2.24) is 10.2 Å². The van der Waals surface area contributed by atoms with Gasteiger partial charge in [-0.25, -0.2) is 0 Å². The Hall–Kier alpha value is -0.950. The maximum absolute atomic E-state index is 12.4. The molecule has 1 saturated heterocycles. The molecular formula is C15H19Cl2N3O2S. The summed E-state index contributed by atoms with van der Waals surface area (Å²) in [5.74, 6) is -0.121. The van der Waals surface area contributed by atoms with Gasteiger partial charge in [-0.2, -0.15) is 0 Å². The average molecular weight is 376 g/mol. The second-order valence-electron chi connectivity index (χ2n) is 5.59. The molecule has 3 rings (SSSR count). The highest BCUT2D eigenvalue weighted by atomic mass is 35.5. The van der Waals surface area contributed by atoms with Gasteiger partial charge in [0.2, 0.25) is 11.8 Å². The van der Waals surface area contributed by atoms with E-state index >= 15 is 0 Å². The number of nitrogens with zero attached hydrogens (tertiary/aromatic N) is 1. The van der Waals surface area contributed by atoms with Gasteiger partial charge < -0.3 is 15.5 Å². The third-order valence-corrected chi connectivity index (χ3v) is 5.61. The molecule has 8 heteroatoms. The molecule has 5 nitrogen and oxygen atoms in total. The molecule has 0 aliphatic carbocycles. The molecule has 1 aromatic rings. The van der Waals surface area contributed by atoms with Gasteiger partial charge in [0.05, 0.1) is 10.9 Å². The Balaban J connectivity index is 0.00000192. The van der Waals surface area contributed by atoms with Crippen LogP contribution < -0.4 is 10.6 Å². The van der Waals surface area contributed by atoms with Crippen molar-refractivity contribution in [2.24, 2.45) is 0 Å². The SMILES string of the molecule is CN(C(=O)CC1Sc2ccc(Cl)cc2NC1=O)C1CCNC1.Cl. The van der Waals surface area contributed by atoms with Crippen molar-refractivity contribution in [1.29, 1.82) is 0 Å². The molecule has 0 bridgehead atoms. The number of likely N-dealkylation sites (N-methyl/N-ethyl adjacent to an activating group) is 1. The number of anilines is 1.